The first-order chi connectivity index (χ1) is 10.4. The molecule has 0 unspecified atom stereocenters. The monoisotopic (exact) mass is 451 g/mol. The van der Waals surface area contributed by atoms with Crippen molar-refractivity contribution in [2.45, 2.75) is 6.61 Å². The molecule has 4 nitrogen and oxygen atoms in total. The van der Waals surface area contributed by atoms with E-state index >= 15 is 0 Å². The zero-order valence-corrected chi connectivity index (χ0v) is 15.2. The van der Waals surface area contributed by atoms with Gasteiger partial charge in [-0.15, -0.1) is 0 Å². The Labute approximate surface area is 151 Å². The largest absolute Gasteiger partial charge is 0.493 e. The van der Waals surface area contributed by atoms with E-state index in [-0.39, 0.29) is 6.61 Å². The third-order valence-corrected chi connectivity index (χ3v) is 4.29. The number of ether oxygens (including phenoxy) is 2. The molecule has 0 saturated carbocycles. The molecule has 2 aromatic rings. The van der Waals surface area contributed by atoms with Crippen molar-refractivity contribution in [1.29, 1.82) is 0 Å². The number of benzene rings is 2. The van der Waals surface area contributed by atoms with E-state index in [2.05, 4.69) is 22.6 Å². The number of nitrogens with two attached hydrogens (primary N) is 1. The maximum atomic E-state index is 11.3. The van der Waals surface area contributed by atoms with E-state index < -0.39 is 5.91 Å². The minimum absolute atomic E-state index is 0.248. The Morgan fingerprint density at radius 2 is 2.00 bits per heavy atom. The molecule has 0 aliphatic carbocycles. The van der Waals surface area contributed by atoms with Gasteiger partial charge in [0.1, 0.15) is 6.61 Å². The molecule has 116 valence electrons. The van der Waals surface area contributed by atoms with E-state index in [9.17, 15) is 4.79 Å². The predicted octanol–water partition coefficient (Wildman–Crippen LogP) is 4.28. The van der Waals surface area contributed by atoms with Crippen LogP contribution in [0.2, 0.25) is 10.0 Å². The van der Waals surface area contributed by atoms with Crippen molar-refractivity contribution in [3.63, 3.8) is 0 Å². The van der Waals surface area contributed by atoms with E-state index in [0.717, 1.165) is 9.13 Å². The molecule has 0 heterocycles. The molecule has 2 rings (SSSR count). The normalized spacial score (nSPS) is 10.4. The lowest BCUT2D eigenvalue weighted by atomic mass is 10.2. The van der Waals surface area contributed by atoms with Crippen molar-refractivity contribution in [2.75, 3.05) is 7.11 Å². The lowest BCUT2D eigenvalue weighted by Gasteiger charge is -2.14. The molecule has 22 heavy (non-hydrogen) atoms. The molecule has 2 aromatic carbocycles. The number of carbonyl (C=O) groups excluding carboxylic acids is 1. The number of rotatable bonds is 5. The molecule has 0 spiro atoms. The van der Waals surface area contributed by atoms with Gasteiger partial charge in [-0.05, 0) is 46.9 Å². The van der Waals surface area contributed by atoms with E-state index in [1.165, 1.54) is 7.11 Å². The number of hydrogen-bond donors (Lipinski definition) is 1. The Kier molecular flexibility index (Phi) is 5.77. The predicted molar refractivity (Wildman–Crippen MR) is 95.0 cm³/mol. The molecular formula is C15H12Cl2INO3. The molecule has 0 aromatic heterocycles. The van der Waals surface area contributed by atoms with Gasteiger partial charge in [-0.2, -0.15) is 0 Å². The molecule has 0 saturated heterocycles. The average Bonchev–Trinajstić information content (AvgIpc) is 2.46. The Bertz CT molecular complexity index is 722. The van der Waals surface area contributed by atoms with Gasteiger partial charge in [-0.25, -0.2) is 0 Å². The van der Waals surface area contributed by atoms with Crippen molar-refractivity contribution in [3.8, 4) is 11.5 Å². The number of carbonyl (C=O) groups is 1. The minimum atomic E-state index is -0.525. The Balaban J connectivity index is 2.27. The molecule has 0 aliphatic heterocycles. The fourth-order valence-corrected chi connectivity index (χ4v) is 3.01. The van der Waals surface area contributed by atoms with Crippen LogP contribution in [0.1, 0.15) is 15.9 Å². The van der Waals surface area contributed by atoms with Crippen molar-refractivity contribution in [3.05, 3.63) is 55.1 Å². The first-order valence-corrected chi connectivity index (χ1v) is 8.00. The lowest BCUT2D eigenvalue weighted by molar-refractivity contribution is 0.1000. The average molecular weight is 452 g/mol. The molecule has 2 N–H and O–H groups in total. The number of hydrogen-bond acceptors (Lipinski definition) is 3. The van der Waals surface area contributed by atoms with Crippen LogP contribution in [0.25, 0.3) is 0 Å². The van der Waals surface area contributed by atoms with Gasteiger partial charge < -0.3 is 15.2 Å². The lowest BCUT2D eigenvalue weighted by Crippen LogP contribution is -2.12. The second kappa shape index (κ2) is 7.39. The van der Waals surface area contributed by atoms with Crippen LogP contribution in [-0.2, 0) is 6.61 Å². The third-order valence-electron chi connectivity index (χ3n) is 2.90. The number of amides is 1. The van der Waals surface area contributed by atoms with Gasteiger partial charge in [0.05, 0.1) is 10.7 Å². The van der Waals surface area contributed by atoms with Crippen LogP contribution in [0, 0.1) is 3.57 Å². The highest BCUT2D eigenvalue weighted by atomic mass is 127. The number of methoxy groups -OCH3 is 1. The van der Waals surface area contributed by atoms with E-state index in [1.807, 2.05) is 0 Å². The SMILES string of the molecule is COc1cc(C(N)=O)cc(I)c1OCc1ccc(Cl)cc1Cl. The van der Waals surface area contributed by atoms with Gasteiger partial charge in [0.2, 0.25) is 5.91 Å². The Hall–Kier alpha value is -1.18. The molecule has 0 radical (unpaired) electrons. The molecule has 0 aliphatic rings. The summed E-state index contributed by atoms with van der Waals surface area (Å²) in [6.07, 6.45) is 0. The van der Waals surface area contributed by atoms with Crippen LogP contribution in [0.5, 0.6) is 11.5 Å². The van der Waals surface area contributed by atoms with E-state index in [1.54, 1.807) is 30.3 Å². The smallest absolute Gasteiger partial charge is 0.248 e. The van der Waals surface area contributed by atoms with Crippen molar-refractivity contribution in [1.82, 2.24) is 0 Å². The minimum Gasteiger partial charge on any atom is -0.493 e. The maximum Gasteiger partial charge on any atom is 0.248 e. The first kappa shape index (κ1) is 17.2. The highest BCUT2D eigenvalue weighted by Gasteiger charge is 2.14. The second-order valence-electron chi connectivity index (χ2n) is 4.38. The Morgan fingerprint density at radius 3 is 2.59 bits per heavy atom. The highest BCUT2D eigenvalue weighted by molar-refractivity contribution is 14.1. The van der Waals surface area contributed by atoms with Gasteiger partial charge in [0.25, 0.3) is 0 Å². The molecule has 0 bridgehead atoms. The van der Waals surface area contributed by atoms with E-state index in [4.69, 9.17) is 38.4 Å². The van der Waals surface area contributed by atoms with Crippen molar-refractivity contribution >= 4 is 51.7 Å². The van der Waals surface area contributed by atoms with Crippen molar-refractivity contribution in [2.24, 2.45) is 5.73 Å². The van der Waals surface area contributed by atoms with Crippen molar-refractivity contribution < 1.29 is 14.3 Å². The van der Waals surface area contributed by atoms with Gasteiger partial charge in [0, 0.05) is 21.2 Å². The summed E-state index contributed by atoms with van der Waals surface area (Å²) in [7, 11) is 1.50. The summed E-state index contributed by atoms with van der Waals surface area (Å²) in [6, 6.07) is 8.38. The molecular weight excluding hydrogens is 440 g/mol. The van der Waals surface area contributed by atoms with E-state index in [0.29, 0.717) is 27.1 Å². The van der Waals surface area contributed by atoms with Crippen LogP contribution >= 0.6 is 45.8 Å². The van der Waals surface area contributed by atoms with Crippen LogP contribution in [-0.4, -0.2) is 13.0 Å². The quantitative estimate of drug-likeness (QED) is 0.690. The summed E-state index contributed by atoms with van der Waals surface area (Å²) < 4.78 is 11.8. The summed E-state index contributed by atoms with van der Waals surface area (Å²) in [6.45, 7) is 0.248. The molecule has 7 heteroatoms. The number of halogens is 3. The molecule has 1 amide bonds. The fraction of sp³-hybridized carbons (Fsp3) is 0.133. The topological polar surface area (TPSA) is 61.5 Å². The van der Waals surface area contributed by atoms with Crippen LogP contribution in [0.15, 0.2) is 30.3 Å². The summed E-state index contributed by atoms with van der Waals surface area (Å²) >= 11 is 14.0. The highest BCUT2D eigenvalue weighted by Crippen LogP contribution is 2.35. The number of primary amides is 1. The van der Waals surface area contributed by atoms with Crippen LogP contribution in [0.3, 0.4) is 0 Å². The standard InChI is InChI=1S/C15H12Cl2INO3/c1-21-13-5-9(15(19)20)4-12(18)14(13)22-7-8-2-3-10(16)6-11(8)17/h2-6H,7H2,1H3,(H2,19,20). The molecule has 0 atom stereocenters. The zero-order valence-electron chi connectivity index (χ0n) is 11.5. The fourth-order valence-electron chi connectivity index (χ4n) is 1.79. The van der Waals surface area contributed by atoms with Gasteiger partial charge >= 0.3 is 0 Å². The van der Waals surface area contributed by atoms with Gasteiger partial charge in [-0.3, -0.25) is 4.79 Å². The second-order valence-corrected chi connectivity index (χ2v) is 6.38. The summed E-state index contributed by atoms with van der Waals surface area (Å²) in [4.78, 5) is 11.3. The third kappa shape index (κ3) is 3.97. The van der Waals surface area contributed by atoms with Crippen LogP contribution in [0.4, 0.5) is 0 Å². The Morgan fingerprint density at radius 1 is 1.27 bits per heavy atom. The molecule has 0 fully saturated rings. The summed E-state index contributed by atoms with van der Waals surface area (Å²) in [5.41, 5.74) is 6.44. The summed E-state index contributed by atoms with van der Waals surface area (Å²) in [5, 5.41) is 1.09. The zero-order chi connectivity index (χ0) is 16.3. The van der Waals surface area contributed by atoms with Gasteiger partial charge in [0.15, 0.2) is 11.5 Å². The first-order valence-electron chi connectivity index (χ1n) is 6.16. The van der Waals surface area contributed by atoms with Gasteiger partial charge in [-0.1, -0.05) is 29.3 Å². The summed E-state index contributed by atoms with van der Waals surface area (Å²) in [5.74, 6) is 0.438. The maximum absolute atomic E-state index is 11.3. The van der Waals surface area contributed by atoms with Crippen LogP contribution < -0.4 is 15.2 Å².